The number of alkyl halides is 2. The summed E-state index contributed by atoms with van der Waals surface area (Å²) in [4.78, 5) is 16.2. The molecule has 0 unspecified atom stereocenters. The van der Waals surface area contributed by atoms with E-state index in [1.165, 1.54) is 18.4 Å². The zero-order valence-electron chi connectivity index (χ0n) is 15.5. The number of carbonyl (C=O) groups excluding carboxylic acids is 1. The van der Waals surface area contributed by atoms with Crippen LogP contribution in [0.5, 0.6) is 5.75 Å². The number of guanidine groups is 1. The second-order valence-corrected chi connectivity index (χ2v) is 6.50. The molecule has 2 rings (SSSR count). The van der Waals surface area contributed by atoms with E-state index in [9.17, 15) is 13.6 Å². The zero-order valence-corrected chi connectivity index (χ0v) is 17.0. The highest BCUT2D eigenvalue weighted by Gasteiger charge is 2.15. The molecular weight excluding hydrogens is 429 g/mol. The van der Waals surface area contributed by atoms with Crippen molar-refractivity contribution in [3.05, 3.63) is 51.9 Å². The second-order valence-electron chi connectivity index (χ2n) is 5.66. The molecule has 0 aliphatic heterocycles. The molecule has 3 N–H and O–H groups in total. The minimum atomic E-state index is -3.04. The van der Waals surface area contributed by atoms with Crippen LogP contribution in [0.25, 0.3) is 0 Å². The molecule has 0 spiro atoms. The van der Waals surface area contributed by atoms with E-state index in [2.05, 4.69) is 25.7 Å². The summed E-state index contributed by atoms with van der Waals surface area (Å²) in [6.07, 6.45) is 1.52. The molecule has 0 saturated carbocycles. The molecule has 1 heterocycles. The Morgan fingerprint density at radius 3 is 2.72 bits per heavy atom. The van der Waals surface area contributed by atoms with Crippen LogP contribution in [0, 0.1) is 0 Å². The van der Waals surface area contributed by atoms with E-state index in [1.807, 2.05) is 6.92 Å². The third-order valence-electron chi connectivity index (χ3n) is 3.50. The molecule has 1 amide bonds. The number of carbonyl (C=O) groups is 1. The Bertz CT molecular complexity index is 833. The van der Waals surface area contributed by atoms with E-state index < -0.39 is 6.61 Å². The van der Waals surface area contributed by atoms with Crippen LogP contribution in [0.1, 0.15) is 18.2 Å². The van der Waals surface area contributed by atoms with Crippen molar-refractivity contribution >= 4 is 35.1 Å². The lowest BCUT2D eigenvalue weighted by molar-refractivity contribution is -0.120. The summed E-state index contributed by atoms with van der Waals surface area (Å²) < 4.78 is 34.9. The highest BCUT2D eigenvalue weighted by molar-refractivity contribution is 6.35. The maximum Gasteiger partial charge on any atom is 0.387 e. The first-order chi connectivity index (χ1) is 13.9. The Hall–Kier alpha value is -2.52. The Morgan fingerprint density at radius 2 is 2.07 bits per heavy atom. The van der Waals surface area contributed by atoms with Crippen molar-refractivity contribution in [3.63, 3.8) is 0 Å². The van der Waals surface area contributed by atoms with Gasteiger partial charge in [-0.2, -0.15) is 8.78 Å². The van der Waals surface area contributed by atoms with Gasteiger partial charge < -0.3 is 25.1 Å². The fourth-order valence-electron chi connectivity index (χ4n) is 2.28. The highest BCUT2D eigenvalue weighted by atomic mass is 35.5. The van der Waals surface area contributed by atoms with Crippen molar-refractivity contribution in [2.75, 3.05) is 13.1 Å². The molecule has 0 bridgehead atoms. The number of amides is 1. The van der Waals surface area contributed by atoms with Gasteiger partial charge in [0.25, 0.3) is 0 Å². The van der Waals surface area contributed by atoms with Gasteiger partial charge in [-0.1, -0.05) is 23.2 Å². The molecule has 1 aromatic carbocycles. The fourth-order valence-corrected chi connectivity index (χ4v) is 2.86. The van der Waals surface area contributed by atoms with Gasteiger partial charge in [-0.05, 0) is 31.2 Å². The minimum absolute atomic E-state index is 0.0433. The standard InChI is InChI=1S/C18H20Cl2F2N4O3/c1-2-23-18(26-10-15(27)24-9-13-4-3-5-28-13)25-8-11-6-12(19)7-14(20)16(11)29-17(21)22/h3-7,17H,2,8-10H2,1H3,(H,24,27)(H2,23,25,26). The predicted octanol–water partition coefficient (Wildman–Crippen LogP) is 3.56. The number of nitrogens with one attached hydrogen (secondary N) is 3. The van der Waals surface area contributed by atoms with E-state index >= 15 is 0 Å². The molecule has 0 aliphatic carbocycles. The molecular formula is C18H20Cl2F2N4O3. The first-order valence-electron chi connectivity index (χ1n) is 8.63. The van der Waals surface area contributed by atoms with E-state index in [-0.39, 0.29) is 46.9 Å². The molecule has 29 heavy (non-hydrogen) atoms. The average Bonchev–Trinajstić information content (AvgIpc) is 3.18. The third kappa shape index (κ3) is 7.78. The van der Waals surface area contributed by atoms with Gasteiger partial charge in [0.2, 0.25) is 5.91 Å². The molecule has 0 aliphatic rings. The highest BCUT2D eigenvalue weighted by Crippen LogP contribution is 2.34. The lowest BCUT2D eigenvalue weighted by Crippen LogP contribution is -2.43. The van der Waals surface area contributed by atoms with Crippen LogP contribution in [0.15, 0.2) is 39.9 Å². The van der Waals surface area contributed by atoms with Gasteiger partial charge >= 0.3 is 6.61 Å². The molecule has 1 aromatic heterocycles. The Kier molecular flexibility index (Phi) is 9.01. The number of nitrogens with zero attached hydrogens (tertiary/aromatic N) is 1. The van der Waals surface area contributed by atoms with Gasteiger partial charge in [0, 0.05) is 17.1 Å². The first kappa shape index (κ1) is 22.8. The largest absolute Gasteiger partial charge is 0.467 e. The van der Waals surface area contributed by atoms with Crippen molar-refractivity contribution in [2.24, 2.45) is 4.99 Å². The van der Waals surface area contributed by atoms with Gasteiger partial charge in [0.15, 0.2) is 5.96 Å². The van der Waals surface area contributed by atoms with E-state index in [0.717, 1.165) is 0 Å². The average molecular weight is 449 g/mol. The number of benzene rings is 1. The number of aliphatic imine (C=N–C) groups is 1. The van der Waals surface area contributed by atoms with Gasteiger partial charge in [-0.3, -0.25) is 4.79 Å². The quantitative estimate of drug-likeness (QED) is 0.403. The van der Waals surface area contributed by atoms with Crippen LogP contribution in [0.4, 0.5) is 8.78 Å². The second kappa shape index (κ2) is 11.5. The number of halogens is 4. The molecule has 0 fully saturated rings. The normalized spacial score (nSPS) is 11.4. The van der Waals surface area contributed by atoms with Crippen LogP contribution in [0.3, 0.4) is 0 Å². The maximum atomic E-state index is 12.7. The lowest BCUT2D eigenvalue weighted by Gasteiger charge is -2.14. The first-order valence-corrected chi connectivity index (χ1v) is 9.38. The summed E-state index contributed by atoms with van der Waals surface area (Å²) in [6.45, 7) is -0.516. The maximum absolute atomic E-state index is 12.7. The van der Waals surface area contributed by atoms with E-state index in [4.69, 9.17) is 27.6 Å². The number of rotatable bonds is 9. The van der Waals surface area contributed by atoms with Gasteiger partial charge in [0.05, 0.1) is 30.9 Å². The Balaban J connectivity index is 2.00. The van der Waals surface area contributed by atoms with Crippen molar-refractivity contribution in [1.82, 2.24) is 16.0 Å². The molecule has 158 valence electrons. The molecule has 0 radical (unpaired) electrons. The zero-order chi connectivity index (χ0) is 21.2. The van der Waals surface area contributed by atoms with Gasteiger partial charge in [0.1, 0.15) is 11.5 Å². The summed E-state index contributed by atoms with van der Waals surface area (Å²) in [7, 11) is 0. The minimum Gasteiger partial charge on any atom is -0.467 e. The van der Waals surface area contributed by atoms with Gasteiger partial charge in [-0.25, -0.2) is 4.99 Å². The molecule has 11 heteroatoms. The van der Waals surface area contributed by atoms with E-state index in [0.29, 0.717) is 18.3 Å². The van der Waals surface area contributed by atoms with Crippen LogP contribution < -0.4 is 20.7 Å². The number of hydrogen-bond donors (Lipinski definition) is 3. The summed E-state index contributed by atoms with van der Waals surface area (Å²) >= 11 is 11.9. The Morgan fingerprint density at radius 1 is 1.28 bits per heavy atom. The molecule has 0 atom stereocenters. The lowest BCUT2D eigenvalue weighted by atomic mass is 10.2. The smallest absolute Gasteiger partial charge is 0.387 e. The monoisotopic (exact) mass is 448 g/mol. The molecule has 7 nitrogen and oxygen atoms in total. The third-order valence-corrected chi connectivity index (χ3v) is 4.00. The van der Waals surface area contributed by atoms with Gasteiger partial charge in [-0.15, -0.1) is 0 Å². The van der Waals surface area contributed by atoms with Crippen molar-refractivity contribution in [1.29, 1.82) is 0 Å². The predicted molar refractivity (Wildman–Crippen MR) is 106 cm³/mol. The number of hydrogen-bond acceptors (Lipinski definition) is 4. The van der Waals surface area contributed by atoms with Crippen molar-refractivity contribution in [3.8, 4) is 5.75 Å². The fraction of sp³-hybridized carbons (Fsp3) is 0.333. The molecule has 2 aromatic rings. The summed E-state index contributed by atoms with van der Waals surface area (Å²) in [5.74, 6) is 0.462. The summed E-state index contributed by atoms with van der Waals surface area (Å²) in [5.41, 5.74) is 0.280. The number of ether oxygens (including phenoxy) is 1. The van der Waals surface area contributed by atoms with Crippen molar-refractivity contribution in [2.45, 2.75) is 26.6 Å². The summed E-state index contributed by atoms with van der Waals surface area (Å²) in [6, 6.07) is 6.22. The van der Waals surface area contributed by atoms with Crippen molar-refractivity contribution < 1.29 is 22.7 Å². The molecule has 0 saturated heterocycles. The summed E-state index contributed by atoms with van der Waals surface area (Å²) in [5, 5.41) is 8.71. The van der Waals surface area contributed by atoms with Crippen LogP contribution in [-0.2, 0) is 17.9 Å². The van der Waals surface area contributed by atoms with Crippen LogP contribution in [-0.4, -0.2) is 31.6 Å². The Labute approximate surface area is 176 Å². The van der Waals surface area contributed by atoms with Crippen LogP contribution >= 0.6 is 23.2 Å². The topological polar surface area (TPSA) is 87.9 Å². The van der Waals surface area contributed by atoms with Crippen LogP contribution in [0.2, 0.25) is 10.0 Å². The van der Waals surface area contributed by atoms with E-state index in [1.54, 1.807) is 12.1 Å². The number of furan rings is 1. The SMILES string of the molecule is CCNC(=NCc1cc(Cl)cc(Cl)c1OC(F)F)NCC(=O)NCc1ccco1.